The summed E-state index contributed by atoms with van der Waals surface area (Å²) in [5, 5.41) is 0. The maximum Gasteiger partial charge on any atom is 0.409 e. The highest BCUT2D eigenvalue weighted by Crippen LogP contribution is 2.06. The van der Waals surface area contributed by atoms with Crippen LogP contribution in [0.5, 0.6) is 0 Å². The first-order chi connectivity index (χ1) is 6.63. The summed E-state index contributed by atoms with van der Waals surface area (Å²) in [5.74, 6) is 0. The van der Waals surface area contributed by atoms with Gasteiger partial charge in [-0.15, -0.1) is 0 Å². The molecule has 0 spiro atoms. The smallest absolute Gasteiger partial charge is 0.409 e. The summed E-state index contributed by atoms with van der Waals surface area (Å²) in [4.78, 5) is 12.6. The third-order valence-corrected chi connectivity index (χ3v) is 1.99. The highest BCUT2D eigenvalue weighted by molar-refractivity contribution is 5.66. The van der Waals surface area contributed by atoms with Crippen LogP contribution in [0.4, 0.5) is 4.79 Å². The standard InChI is InChI=1S/C11H15NO2/c1-9-5-4-6-10(7-9)8-12(2)11(13)14-3/h4-7H,8H2,1-3H3. The lowest BCUT2D eigenvalue weighted by molar-refractivity contribution is 0.131. The first-order valence-corrected chi connectivity index (χ1v) is 4.48. The SMILES string of the molecule is COC(=O)N(C)Cc1cccc(C)c1. The summed E-state index contributed by atoms with van der Waals surface area (Å²) in [5.41, 5.74) is 2.30. The predicted octanol–water partition coefficient (Wildman–Crippen LogP) is 2.19. The molecule has 1 amide bonds. The van der Waals surface area contributed by atoms with Crippen LogP contribution < -0.4 is 0 Å². The Balaban J connectivity index is 2.64. The highest BCUT2D eigenvalue weighted by Gasteiger charge is 2.07. The molecule has 76 valence electrons. The summed E-state index contributed by atoms with van der Waals surface area (Å²) in [6.45, 7) is 2.61. The molecule has 14 heavy (non-hydrogen) atoms. The number of nitrogens with zero attached hydrogens (tertiary/aromatic N) is 1. The van der Waals surface area contributed by atoms with Crippen molar-refractivity contribution in [1.29, 1.82) is 0 Å². The zero-order valence-corrected chi connectivity index (χ0v) is 8.78. The quantitative estimate of drug-likeness (QED) is 0.720. The van der Waals surface area contributed by atoms with Crippen molar-refractivity contribution in [3.8, 4) is 0 Å². The minimum atomic E-state index is -0.313. The van der Waals surface area contributed by atoms with Gasteiger partial charge >= 0.3 is 6.09 Å². The molecule has 0 fully saturated rings. The molecule has 0 saturated carbocycles. The molecule has 1 rings (SSSR count). The Hall–Kier alpha value is -1.51. The number of aryl methyl sites for hydroxylation is 1. The summed E-state index contributed by atoms with van der Waals surface area (Å²) < 4.78 is 4.60. The number of ether oxygens (including phenoxy) is 1. The molecular weight excluding hydrogens is 178 g/mol. The van der Waals surface area contributed by atoms with Crippen LogP contribution in [-0.2, 0) is 11.3 Å². The fourth-order valence-electron chi connectivity index (χ4n) is 1.30. The molecule has 0 atom stereocenters. The zero-order valence-electron chi connectivity index (χ0n) is 8.78. The van der Waals surface area contributed by atoms with Crippen molar-refractivity contribution in [2.24, 2.45) is 0 Å². The predicted molar refractivity (Wildman–Crippen MR) is 55.1 cm³/mol. The number of hydrogen-bond acceptors (Lipinski definition) is 2. The Kier molecular flexibility index (Phi) is 3.51. The summed E-state index contributed by atoms with van der Waals surface area (Å²) >= 11 is 0. The van der Waals surface area contributed by atoms with Crippen LogP contribution in [0.3, 0.4) is 0 Å². The minimum Gasteiger partial charge on any atom is -0.453 e. The van der Waals surface area contributed by atoms with E-state index in [9.17, 15) is 4.79 Å². The Morgan fingerprint density at radius 3 is 2.79 bits per heavy atom. The molecule has 0 aliphatic carbocycles. The number of carbonyl (C=O) groups excluding carboxylic acids is 1. The third kappa shape index (κ3) is 2.76. The summed E-state index contributed by atoms with van der Waals surface area (Å²) in [6.07, 6.45) is -0.313. The first-order valence-electron chi connectivity index (χ1n) is 4.48. The monoisotopic (exact) mass is 193 g/mol. The van der Waals surface area contributed by atoms with Gasteiger partial charge in [0.2, 0.25) is 0 Å². The van der Waals surface area contributed by atoms with Gasteiger partial charge in [0, 0.05) is 13.6 Å². The van der Waals surface area contributed by atoms with Crippen LogP contribution >= 0.6 is 0 Å². The molecule has 0 N–H and O–H groups in total. The molecule has 0 aliphatic heterocycles. The largest absolute Gasteiger partial charge is 0.453 e. The number of hydrogen-bond donors (Lipinski definition) is 0. The van der Waals surface area contributed by atoms with Crippen molar-refractivity contribution in [3.63, 3.8) is 0 Å². The molecule has 0 bridgehead atoms. The Morgan fingerprint density at radius 2 is 2.21 bits per heavy atom. The number of carbonyl (C=O) groups is 1. The van der Waals surface area contributed by atoms with Crippen molar-refractivity contribution in [1.82, 2.24) is 4.90 Å². The lowest BCUT2D eigenvalue weighted by Gasteiger charge is -2.15. The normalized spacial score (nSPS) is 9.64. The van der Waals surface area contributed by atoms with E-state index in [-0.39, 0.29) is 6.09 Å². The Morgan fingerprint density at radius 1 is 1.50 bits per heavy atom. The average molecular weight is 193 g/mol. The van der Waals surface area contributed by atoms with Gasteiger partial charge in [0.25, 0.3) is 0 Å². The van der Waals surface area contributed by atoms with E-state index < -0.39 is 0 Å². The van der Waals surface area contributed by atoms with Crippen LogP contribution in [0, 0.1) is 6.92 Å². The number of benzene rings is 1. The number of methoxy groups -OCH3 is 1. The molecule has 0 unspecified atom stereocenters. The van der Waals surface area contributed by atoms with Crippen molar-refractivity contribution in [2.45, 2.75) is 13.5 Å². The topological polar surface area (TPSA) is 29.5 Å². The van der Waals surface area contributed by atoms with E-state index >= 15 is 0 Å². The van der Waals surface area contributed by atoms with Crippen LogP contribution in [0.25, 0.3) is 0 Å². The van der Waals surface area contributed by atoms with Gasteiger partial charge in [-0.2, -0.15) is 0 Å². The summed E-state index contributed by atoms with van der Waals surface area (Å²) in [7, 11) is 3.10. The molecule has 0 aromatic heterocycles. The van der Waals surface area contributed by atoms with E-state index in [1.807, 2.05) is 25.1 Å². The third-order valence-electron chi connectivity index (χ3n) is 1.99. The molecule has 3 nitrogen and oxygen atoms in total. The molecule has 3 heteroatoms. The van der Waals surface area contributed by atoms with E-state index in [0.717, 1.165) is 5.56 Å². The Bertz CT molecular complexity index is 323. The van der Waals surface area contributed by atoms with E-state index in [0.29, 0.717) is 6.54 Å². The summed E-state index contributed by atoms with van der Waals surface area (Å²) in [6, 6.07) is 8.06. The molecule has 1 aromatic rings. The van der Waals surface area contributed by atoms with Gasteiger partial charge in [-0.1, -0.05) is 29.8 Å². The highest BCUT2D eigenvalue weighted by atomic mass is 16.5. The molecular formula is C11H15NO2. The van der Waals surface area contributed by atoms with Crippen LogP contribution in [0.2, 0.25) is 0 Å². The second-order valence-electron chi connectivity index (χ2n) is 3.32. The van der Waals surface area contributed by atoms with Gasteiger partial charge < -0.3 is 9.64 Å². The van der Waals surface area contributed by atoms with Gasteiger partial charge in [-0.3, -0.25) is 0 Å². The van der Waals surface area contributed by atoms with Crippen molar-refractivity contribution in [3.05, 3.63) is 35.4 Å². The van der Waals surface area contributed by atoms with Crippen molar-refractivity contribution >= 4 is 6.09 Å². The van der Waals surface area contributed by atoms with Gasteiger partial charge in [-0.25, -0.2) is 4.79 Å². The average Bonchev–Trinajstić information content (AvgIpc) is 2.16. The van der Waals surface area contributed by atoms with Gasteiger partial charge in [0.1, 0.15) is 0 Å². The van der Waals surface area contributed by atoms with Crippen molar-refractivity contribution < 1.29 is 9.53 Å². The van der Waals surface area contributed by atoms with E-state index in [4.69, 9.17) is 0 Å². The Labute approximate surface area is 84.3 Å². The second-order valence-corrected chi connectivity index (χ2v) is 3.32. The second kappa shape index (κ2) is 4.65. The lowest BCUT2D eigenvalue weighted by atomic mass is 10.1. The van der Waals surface area contributed by atoms with Gasteiger partial charge in [0.15, 0.2) is 0 Å². The van der Waals surface area contributed by atoms with Gasteiger partial charge in [-0.05, 0) is 12.5 Å². The first kappa shape index (κ1) is 10.6. The maximum atomic E-state index is 11.1. The van der Waals surface area contributed by atoms with Crippen LogP contribution in [0.15, 0.2) is 24.3 Å². The molecule has 0 saturated heterocycles. The number of amides is 1. The minimum absolute atomic E-state index is 0.313. The van der Waals surface area contributed by atoms with E-state index in [1.165, 1.54) is 17.6 Å². The fourth-order valence-corrected chi connectivity index (χ4v) is 1.30. The van der Waals surface area contributed by atoms with Crippen molar-refractivity contribution in [2.75, 3.05) is 14.2 Å². The zero-order chi connectivity index (χ0) is 10.6. The van der Waals surface area contributed by atoms with Crippen LogP contribution in [0.1, 0.15) is 11.1 Å². The fraction of sp³-hybridized carbons (Fsp3) is 0.364. The van der Waals surface area contributed by atoms with Crippen LogP contribution in [-0.4, -0.2) is 25.2 Å². The molecule has 0 heterocycles. The molecule has 0 radical (unpaired) electrons. The van der Waals surface area contributed by atoms with E-state index in [2.05, 4.69) is 10.8 Å². The molecule has 1 aromatic carbocycles. The number of rotatable bonds is 2. The lowest BCUT2D eigenvalue weighted by Crippen LogP contribution is -2.25. The maximum absolute atomic E-state index is 11.1. The van der Waals surface area contributed by atoms with Gasteiger partial charge in [0.05, 0.1) is 7.11 Å². The molecule has 0 aliphatic rings. The van der Waals surface area contributed by atoms with E-state index in [1.54, 1.807) is 7.05 Å².